The molecule has 0 aliphatic carbocycles. The number of halogens is 2. The third-order valence-corrected chi connectivity index (χ3v) is 3.61. The molecule has 114 valence electrons. The summed E-state index contributed by atoms with van der Waals surface area (Å²) in [4.78, 5) is 16.2. The van der Waals surface area contributed by atoms with Gasteiger partial charge in [0.15, 0.2) is 0 Å². The van der Waals surface area contributed by atoms with Gasteiger partial charge in [0.1, 0.15) is 0 Å². The van der Waals surface area contributed by atoms with Crippen molar-refractivity contribution in [1.82, 2.24) is 15.6 Å². The molecule has 1 unspecified atom stereocenters. The summed E-state index contributed by atoms with van der Waals surface area (Å²) in [5, 5.41) is 6.42. The number of nitrogens with one attached hydrogen (secondary N) is 2. The standard InChI is InChI=1S/C14H21N3O.2ClH/c1-11-12(5-3-8-16-11)13(18)17-10-14(2)6-4-7-15-9-14;;/h3,5,8,15H,4,6-7,9-10H2,1-2H3,(H,17,18);2*1H. The topological polar surface area (TPSA) is 54.0 Å². The maximum absolute atomic E-state index is 12.1. The number of rotatable bonds is 3. The van der Waals surface area contributed by atoms with E-state index in [0.717, 1.165) is 25.2 Å². The van der Waals surface area contributed by atoms with Crippen molar-refractivity contribution < 1.29 is 4.79 Å². The van der Waals surface area contributed by atoms with Gasteiger partial charge in [-0.2, -0.15) is 0 Å². The van der Waals surface area contributed by atoms with Gasteiger partial charge in [-0.15, -0.1) is 24.8 Å². The molecular formula is C14H23Cl2N3O. The maximum atomic E-state index is 12.1. The number of carbonyl (C=O) groups is 1. The van der Waals surface area contributed by atoms with Gasteiger partial charge < -0.3 is 10.6 Å². The Balaban J connectivity index is 0.00000180. The molecule has 2 heterocycles. The van der Waals surface area contributed by atoms with Crippen LogP contribution in [0.4, 0.5) is 0 Å². The average Bonchev–Trinajstić information content (AvgIpc) is 2.38. The molecule has 1 atom stereocenters. The van der Waals surface area contributed by atoms with Gasteiger partial charge in [0.2, 0.25) is 0 Å². The fraction of sp³-hybridized carbons (Fsp3) is 0.571. The zero-order valence-electron chi connectivity index (χ0n) is 11.9. The van der Waals surface area contributed by atoms with Crippen LogP contribution in [0.3, 0.4) is 0 Å². The van der Waals surface area contributed by atoms with Crippen molar-refractivity contribution >= 4 is 30.7 Å². The van der Waals surface area contributed by atoms with Crippen LogP contribution in [-0.4, -0.2) is 30.5 Å². The number of hydrogen-bond acceptors (Lipinski definition) is 3. The predicted molar refractivity (Wildman–Crippen MR) is 86.0 cm³/mol. The molecule has 0 spiro atoms. The lowest BCUT2D eigenvalue weighted by Crippen LogP contribution is -2.45. The van der Waals surface area contributed by atoms with E-state index in [2.05, 4.69) is 22.5 Å². The van der Waals surface area contributed by atoms with Crippen LogP contribution in [0, 0.1) is 12.3 Å². The van der Waals surface area contributed by atoms with Crippen LogP contribution in [0.15, 0.2) is 18.3 Å². The minimum atomic E-state index is -0.0209. The van der Waals surface area contributed by atoms with Gasteiger partial charge in [-0.1, -0.05) is 6.92 Å². The van der Waals surface area contributed by atoms with Crippen LogP contribution in [0.25, 0.3) is 0 Å². The van der Waals surface area contributed by atoms with Crippen molar-refractivity contribution in [2.24, 2.45) is 5.41 Å². The number of amides is 1. The zero-order chi connectivity index (χ0) is 13.0. The highest BCUT2D eigenvalue weighted by atomic mass is 35.5. The first kappa shape index (κ1) is 19.2. The monoisotopic (exact) mass is 319 g/mol. The molecule has 2 rings (SSSR count). The van der Waals surface area contributed by atoms with Gasteiger partial charge in [0.05, 0.1) is 5.56 Å². The molecule has 0 bridgehead atoms. The van der Waals surface area contributed by atoms with Crippen LogP contribution < -0.4 is 10.6 Å². The highest BCUT2D eigenvalue weighted by molar-refractivity contribution is 5.95. The molecule has 1 aliphatic rings. The molecule has 0 radical (unpaired) electrons. The number of nitrogens with zero attached hydrogens (tertiary/aromatic N) is 1. The Morgan fingerprint density at radius 3 is 2.85 bits per heavy atom. The lowest BCUT2D eigenvalue weighted by Gasteiger charge is -2.34. The van der Waals surface area contributed by atoms with E-state index in [4.69, 9.17) is 0 Å². The van der Waals surface area contributed by atoms with Crippen LogP contribution in [0.2, 0.25) is 0 Å². The Hall–Kier alpha value is -0.840. The first-order valence-electron chi connectivity index (χ1n) is 6.51. The molecule has 1 saturated heterocycles. The highest BCUT2D eigenvalue weighted by Crippen LogP contribution is 2.24. The van der Waals surface area contributed by atoms with Crippen molar-refractivity contribution in [3.63, 3.8) is 0 Å². The Bertz CT molecular complexity index is 434. The lowest BCUT2D eigenvalue weighted by molar-refractivity contribution is 0.0923. The number of aryl methyl sites for hydroxylation is 1. The Kier molecular flexibility index (Phi) is 8.09. The second-order valence-electron chi connectivity index (χ2n) is 5.41. The van der Waals surface area contributed by atoms with E-state index in [-0.39, 0.29) is 36.1 Å². The number of pyridine rings is 1. The third kappa shape index (κ3) is 4.93. The molecule has 1 aliphatic heterocycles. The summed E-state index contributed by atoms with van der Waals surface area (Å²) >= 11 is 0. The molecule has 20 heavy (non-hydrogen) atoms. The van der Waals surface area contributed by atoms with E-state index in [9.17, 15) is 4.79 Å². The SMILES string of the molecule is Cc1ncccc1C(=O)NCC1(C)CCCNC1.Cl.Cl. The van der Waals surface area contributed by atoms with E-state index in [1.54, 1.807) is 12.3 Å². The van der Waals surface area contributed by atoms with Crippen molar-refractivity contribution in [2.75, 3.05) is 19.6 Å². The molecule has 0 aromatic carbocycles. The van der Waals surface area contributed by atoms with Crippen LogP contribution in [0.5, 0.6) is 0 Å². The van der Waals surface area contributed by atoms with Crippen molar-refractivity contribution in [2.45, 2.75) is 26.7 Å². The predicted octanol–water partition coefficient (Wildman–Crippen LogP) is 2.35. The van der Waals surface area contributed by atoms with Gasteiger partial charge in [-0.3, -0.25) is 9.78 Å². The second kappa shape index (κ2) is 8.45. The Morgan fingerprint density at radius 1 is 1.50 bits per heavy atom. The average molecular weight is 320 g/mol. The van der Waals surface area contributed by atoms with Crippen molar-refractivity contribution in [3.8, 4) is 0 Å². The molecule has 1 aromatic rings. The quantitative estimate of drug-likeness (QED) is 0.899. The van der Waals surface area contributed by atoms with Gasteiger partial charge in [-0.25, -0.2) is 0 Å². The molecule has 0 saturated carbocycles. The number of aromatic nitrogens is 1. The van der Waals surface area contributed by atoms with Crippen LogP contribution >= 0.6 is 24.8 Å². The highest BCUT2D eigenvalue weighted by Gasteiger charge is 2.27. The summed E-state index contributed by atoms with van der Waals surface area (Å²) in [6.07, 6.45) is 4.04. The molecule has 1 fully saturated rings. The number of piperidine rings is 1. The van der Waals surface area contributed by atoms with Gasteiger partial charge in [0.25, 0.3) is 5.91 Å². The molecule has 1 aromatic heterocycles. The minimum Gasteiger partial charge on any atom is -0.351 e. The van der Waals surface area contributed by atoms with E-state index in [0.29, 0.717) is 12.1 Å². The maximum Gasteiger partial charge on any atom is 0.253 e. The summed E-state index contributed by atoms with van der Waals surface area (Å²) in [6, 6.07) is 3.62. The fourth-order valence-electron chi connectivity index (χ4n) is 2.38. The lowest BCUT2D eigenvalue weighted by atomic mass is 9.83. The number of carbonyl (C=O) groups excluding carboxylic acids is 1. The fourth-order valence-corrected chi connectivity index (χ4v) is 2.38. The Morgan fingerprint density at radius 2 is 2.25 bits per heavy atom. The summed E-state index contributed by atoms with van der Waals surface area (Å²) in [7, 11) is 0. The van der Waals surface area contributed by atoms with E-state index in [1.165, 1.54) is 6.42 Å². The van der Waals surface area contributed by atoms with Crippen molar-refractivity contribution in [3.05, 3.63) is 29.6 Å². The van der Waals surface area contributed by atoms with Crippen LogP contribution in [-0.2, 0) is 0 Å². The summed E-state index contributed by atoms with van der Waals surface area (Å²) in [6.45, 7) is 6.85. The van der Waals surface area contributed by atoms with Crippen LogP contribution in [0.1, 0.15) is 35.8 Å². The summed E-state index contributed by atoms with van der Waals surface area (Å²) in [5.74, 6) is -0.0209. The van der Waals surface area contributed by atoms with Crippen molar-refractivity contribution in [1.29, 1.82) is 0 Å². The number of hydrogen-bond donors (Lipinski definition) is 2. The molecule has 1 amide bonds. The second-order valence-corrected chi connectivity index (χ2v) is 5.41. The van der Waals surface area contributed by atoms with Gasteiger partial charge in [0, 0.05) is 25.0 Å². The van der Waals surface area contributed by atoms with E-state index < -0.39 is 0 Å². The summed E-state index contributed by atoms with van der Waals surface area (Å²) < 4.78 is 0. The Labute approximate surface area is 132 Å². The molecule has 2 N–H and O–H groups in total. The normalized spacial score (nSPS) is 21.3. The van der Waals surface area contributed by atoms with E-state index in [1.807, 2.05) is 13.0 Å². The zero-order valence-corrected chi connectivity index (χ0v) is 13.6. The smallest absolute Gasteiger partial charge is 0.253 e. The minimum absolute atomic E-state index is 0. The molecule has 6 heteroatoms. The summed E-state index contributed by atoms with van der Waals surface area (Å²) in [5.41, 5.74) is 1.62. The van der Waals surface area contributed by atoms with Gasteiger partial charge >= 0.3 is 0 Å². The first-order chi connectivity index (χ1) is 8.61. The largest absolute Gasteiger partial charge is 0.351 e. The third-order valence-electron chi connectivity index (χ3n) is 3.61. The molecule has 4 nitrogen and oxygen atoms in total. The molecular weight excluding hydrogens is 297 g/mol. The first-order valence-corrected chi connectivity index (χ1v) is 6.51. The van der Waals surface area contributed by atoms with E-state index >= 15 is 0 Å². The van der Waals surface area contributed by atoms with Gasteiger partial charge in [-0.05, 0) is 43.9 Å².